The van der Waals surface area contributed by atoms with Crippen LogP contribution in [-0.2, 0) is 4.74 Å². The molecule has 3 nitrogen and oxygen atoms in total. The number of methoxy groups -OCH3 is 1. The summed E-state index contributed by atoms with van der Waals surface area (Å²) in [4.78, 5) is 0. The van der Waals surface area contributed by atoms with Crippen LogP contribution >= 0.6 is 11.6 Å². The number of ether oxygens (including phenoxy) is 2. The van der Waals surface area contributed by atoms with Gasteiger partial charge in [-0.1, -0.05) is 11.6 Å². The Hall–Kier alpha value is -0.930. The maximum Gasteiger partial charge on any atom is 0.143 e. The molecule has 0 aliphatic rings. The second kappa shape index (κ2) is 6.72. The summed E-state index contributed by atoms with van der Waals surface area (Å²) >= 11 is 6.05. The third-order valence-corrected chi connectivity index (χ3v) is 2.86. The molecule has 0 fully saturated rings. The van der Waals surface area contributed by atoms with Gasteiger partial charge in [0.1, 0.15) is 5.75 Å². The first kappa shape index (κ1) is 14.1. The molecule has 0 spiro atoms. The van der Waals surface area contributed by atoms with E-state index in [2.05, 4.69) is 12.2 Å². The molecule has 17 heavy (non-hydrogen) atoms. The SMILES string of the molecule is CCOCC(C)Nc1cc(C)c(Cl)cc1OC. The standard InChI is InChI=1S/C13H20ClNO2/c1-5-17-8-10(3)15-12-6-9(2)11(14)7-13(12)16-4/h6-7,10,15H,5,8H2,1-4H3. The van der Waals surface area contributed by atoms with Gasteiger partial charge in [0.25, 0.3) is 0 Å². The average Bonchev–Trinajstić information content (AvgIpc) is 2.31. The Morgan fingerprint density at radius 3 is 2.71 bits per heavy atom. The second-order valence-electron chi connectivity index (χ2n) is 4.01. The molecule has 0 bridgehead atoms. The van der Waals surface area contributed by atoms with E-state index in [-0.39, 0.29) is 6.04 Å². The second-order valence-corrected chi connectivity index (χ2v) is 4.41. The molecule has 0 amide bonds. The van der Waals surface area contributed by atoms with E-state index in [4.69, 9.17) is 21.1 Å². The van der Waals surface area contributed by atoms with Gasteiger partial charge in [-0.2, -0.15) is 0 Å². The molecule has 0 saturated carbocycles. The van der Waals surface area contributed by atoms with Gasteiger partial charge in [-0.15, -0.1) is 0 Å². The summed E-state index contributed by atoms with van der Waals surface area (Å²) in [5.41, 5.74) is 1.97. The van der Waals surface area contributed by atoms with Gasteiger partial charge in [-0.05, 0) is 32.4 Å². The molecule has 0 aliphatic carbocycles. The lowest BCUT2D eigenvalue weighted by Gasteiger charge is -2.18. The molecule has 0 radical (unpaired) electrons. The van der Waals surface area contributed by atoms with Crippen LogP contribution in [0.5, 0.6) is 5.75 Å². The number of aryl methyl sites for hydroxylation is 1. The van der Waals surface area contributed by atoms with Crippen LogP contribution in [0.2, 0.25) is 5.02 Å². The third-order valence-electron chi connectivity index (χ3n) is 2.45. The molecule has 4 heteroatoms. The van der Waals surface area contributed by atoms with Crippen molar-refractivity contribution in [2.45, 2.75) is 26.8 Å². The molecule has 1 atom stereocenters. The summed E-state index contributed by atoms with van der Waals surface area (Å²) in [7, 11) is 1.64. The number of hydrogen-bond acceptors (Lipinski definition) is 3. The third kappa shape index (κ3) is 4.10. The maximum atomic E-state index is 6.05. The normalized spacial score (nSPS) is 12.3. The summed E-state index contributed by atoms with van der Waals surface area (Å²) in [5, 5.41) is 4.07. The van der Waals surface area contributed by atoms with Gasteiger partial charge in [-0.3, -0.25) is 0 Å². The first-order valence-corrected chi connectivity index (χ1v) is 6.14. The summed E-state index contributed by atoms with van der Waals surface area (Å²) in [6, 6.07) is 4.04. The van der Waals surface area contributed by atoms with Crippen LogP contribution in [0.4, 0.5) is 5.69 Å². The van der Waals surface area contributed by atoms with Crippen molar-refractivity contribution in [3.63, 3.8) is 0 Å². The molecular formula is C13H20ClNO2. The molecule has 1 unspecified atom stereocenters. The minimum Gasteiger partial charge on any atom is -0.495 e. The molecule has 96 valence electrons. The van der Waals surface area contributed by atoms with E-state index in [9.17, 15) is 0 Å². The Labute approximate surface area is 108 Å². The van der Waals surface area contributed by atoms with Crippen LogP contribution in [0, 0.1) is 6.92 Å². The zero-order valence-corrected chi connectivity index (χ0v) is 11.6. The minimum atomic E-state index is 0.226. The Balaban J connectivity index is 2.78. The van der Waals surface area contributed by atoms with E-state index in [0.717, 1.165) is 23.6 Å². The highest BCUT2D eigenvalue weighted by Crippen LogP contribution is 2.31. The highest BCUT2D eigenvalue weighted by molar-refractivity contribution is 6.31. The first-order valence-electron chi connectivity index (χ1n) is 5.76. The number of benzene rings is 1. The number of hydrogen-bond donors (Lipinski definition) is 1. The van der Waals surface area contributed by atoms with Crippen molar-refractivity contribution >= 4 is 17.3 Å². The van der Waals surface area contributed by atoms with E-state index in [1.165, 1.54) is 0 Å². The predicted molar refractivity (Wildman–Crippen MR) is 72.3 cm³/mol. The minimum absolute atomic E-state index is 0.226. The van der Waals surface area contributed by atoms with E-state index < -0.39 is 0 Å². The number of anilines is 1. The van der Waals surface area contributed by atoms with Gasteiger partial charge < -0.3 is 14.8 Å². The highest BCUT2D eigenvalue weighted by Gasteiger charge is 2.09. The quantitative estimate of drug-likeness (QED) is 0.846. The van der Waals surface area contributed by atoms with Crippen LogP contribution in [0.25, 0.3) is 0 Å². The molecule has 0 heterocycles. The van der Waals surface area contributed by atoms with Crippen LogP contribution in [0.15, 0.2) is 12.1 Å². The summed E-state index contributed by atoms with van der Waals surface area (Å²) in [5.74, 6) is 0.754. The molecule has 0 aliphatic heterocycles. The molecule has 1 N–H and O–H groups in total. The monoisotopic (exact) mass is 257 g/mol. The lowest BCUT2D eigenvalue weighted by Crippen LogP contribution is -2.22. The van der Waals surface area contributed by atoms with Crippen LogP contribution < -0.4 is 10.1 Å². The number of nitrogens with one attached hydrogen (secondary N) is 1. The van der Waals surface area contributed by atoms with Crippen molar-refractivity contribution in [1.82, 2.24) is 0 Å². The van der Waals surface area contributed by atoms with Crippen LogP contribution in [-0.4, -0.2) is 26.4 Å². The van der Waals surface area contributed by atoms with Crippen molar-refractivity contribution in [2.75, 3.05) is 25.6 Å². The topological polar surface area (TPSA) is 30.5 Å². The number of halogens is 1. The Morgan fingerprint density at radius 2 is 2.12 bits per heavy atom. The molecule has 1 aromatic carbocycles. The summed E-state index contributed by atoms with van der Waals surface area (Å²) in [6.07, 6.45) is 0. The lowest BCUT2D eigenvalue weighted by molar-refractivity contribution is 0.141. The average molecular weight is 258 g/mol. The van der Waals surface area contributed by atoms with Crippen molar-refractivity contribution < 1.29 is 9.47 Å². The van der Waals surface area contributed by atoms with E-state index >= 15 is 0 Å². The fourth-order valence-corrected chi connectivity index (χ4v) is 1.70. The van der Waals surface area contributed by atoms with Crippen molar-refractivity contribution in [2.24, 2.45) is 0 Å². The fraction of sp³-hybridized carbons (Fsp3) is 0.538. The summed E-state index contributed by atoms with van der Waals surface area (Å²) < 4.78 is 10.7. The Bertz CT molecular complexity index is 369. The van der Waals surface area contributed by atoms with Crippen LogP contribution in [0.3, 0.4) is 0 Å². The smallest absolute Gasteiger partial charge is 0.143 e. The fourth-order valence-electron chi connectivity index (χ4n) is 1.55. The van der Waals surface area contributed by atoms with Crippen molar-refractivity contribution in [1.29, 1.82) is 0 Å². The van der Waals surface area contributed by atoms with Gasteiger partial charge in [0.2, 0.25) is 0 Å². The van der Waals surface area contributed by atoms with Crippen molar-refractivity contribution in [3.05, 3.63) is 22.7 Å². The Kier molecular flexibility index (Phi) is 5.59. The first-order chi connectivity index (χ1) is 8.08. The molecule has 0 saturated heterocycles. The van der Waals surface area contributed by atoms with Gasteiger partial charge in [0.15, 0.2) is 0 Å². The van der Waals surface area contributed by atoms with Crippen molar-refractivity contribution in [3.8, 4) is 5.75 Å². The summed E-state index contributed by atoms with van der Waals surface area (Å²) in [6.45, 7) is 7.42. The predicted octanol–water partition coefficient (Wildman–Crippen LogP) is 3.49. The van der Waals surface area contributed by atoms with Crippen LogP contribution in [0.1, 0.15) is 19.4 Å². The highest BCUT2D eigenvalue weighted by atomic mass is 35.5. The zero-order chi connectivity index (χ0) is 12.8. The molecule has 1 rings (SSSR count). The number of rotatable bonds is 6. The van der Waals surface area contributed by atoms with E-state index in [1.807, 2.05) is 26.0 Å². The lowest BCUT2D eigenvalue weighted by atomic mass is 10.2. The van der Waals surface area contributed by atoms with Gasteiger partial charge in [0.05, 0.1) is 19.4 Å². The van der Waals surface area contributed by atoms with Gasteiger partial charge in [0, 0.05) is 23.7 Å². The molecule has 1 aromatic rings. The van der Waals surface area contributed by atoms with E-state index in [1.54, 1.807) is 7.11 Å². The zero-order valence-electron chi connectivity index (χ0n) is 10.8. The largest absolute Gasteiger partial charge is 0.495 e. The van der Waals surface area contributed by atoms with Gasteiger partial charge in [-0.25, -0.2) is 0 Å². The maximum absolute atomic E-state index is 6.05. The molecular weight excluding hydrogens is 238 g/mol. The Morgan fingerprint density at radius 1 is 1.41 bits per heavy atom. The van der Waals surface area contributed by atoms with E-state index in [0.29, 0.717) is 11.6 Å². The molecule has 0 aromatic heterocycles. The van der Waals surface area contributed by atoms with Gasteiger partial charge >= 0.3 is 0 Å².